The Labute approximate surface area is 113 Å². The summed E-state index contributed by atoms with van der Waals surface area (Å²) in [7, 11) is 0. The van der Waals surface area contributed by atoms with Gasteiger partial charge in [0.2, 0.25) is 0 Å². The largest absolute Gasteiger partial charge is 0.445 e. The summed E-state index contributed by atoms with van der Waals surface area (Å²) in [6, 6.07) is 9.53. The van der Waals surface area contributed by atoms with Crippen LogP contribution < -0.4 is 5.32 Å². The van der Waals surface area contributed by atoms with Gasteiger partial charge in [0, 0.05) is 11.5 Å². The lowest BCUT2D eigenvalue weighted by Crippen LogP contribution is -2.45. The number of ether oxygens (including phenoxy) is 1. The van der Waals surface area contributed by atoms with E-state index >= 15 is 0 Å². The molecule has 0 bridgehead atoms. The molecule has 104 valence electrons. The topological polar surface area (TPSA) is 58.6 Å². The number of aliphatic hydroxyl groups excluding tert-OH is 1. The summed E-state index contributed by atoms with van der Waals surface area (Å²) in [6.45, 7) is 4.20. The van der Waals surface area contributed by atoms with Gasteiger partial charge in [-0.15, -0.1) is 0 Å². The zero-order chi connectivity index (χ0) is 13.9. The van der Waals surface area contributed by atoms with E-state index in [1.807, 2.05) is 44.2 Å². The van der Waals surface area contributed by atoms with E-state index in [-0.39, 0.29) is 24.2 Å². The number of benzene rings is 1. The lowest BCUT2D eigenvalue weighted by atomic mass is 9.85. The summed E-state index contributed by atoms with van der Waals surface area (Å²) in [5.41, 5.74) is 0.662. The fraction of sp³-hybridized carbons (Fsp3) is 0.533. The van der Waals surface area contributed by atoms with E-state index in [1.165, 1.54) is 0 Å². The molecule has 1 aromatic rings. The number of rotatable bonds is 3. The second-order valence-corrected chi connectivity index (χ2v) is 5.67. The van der Waals surface area contributed by atoms with Crippen LogP contribution in [0.5, 0.6) is 0 Å². The molecule has 0 radical (unpaired) electrons. The van der Waals surface area contributed by atoms with Crippen molar-refractivity contribution in [2.75, 3.05) is 0 Å². The summed E-state index contributed by atoms with van der Waals surface area (Å²) in [5.74, 6) is 0. The van der Waals surface area contributed by atoms with Crippen molar-refractivity contribution in [1.82, 2.24) is 5.32 Å². The molecule has 2 atom stereocenters. The van der Waals surface area contributed by atoms with Crippen molar-refractivity contribution < 1.29 is 14.6 Å². The SMILES string of the molecule is CC1(C)C(O)CCC1NC(=O)OCc1ccccc1. The first-order valence-electron chi connectivity index (χ1n) is 6.65. The van der Waals surface area contributed by atoms with Crippen molar-refractivity contribution >= 4 is 6.09 Å². The summed E-state index contributed by atoms with van der Waals surface area (Å²) < 4.78 is 5.19. The van der Waals surface area contributed by atoms with Crippen LogP contribution in [0.15, 0.2) is 30.3 Å². The quantitative estimate of drug-likeness (QED) is 0.880. The molecule has 0 aliphatic heterocycles. The predicted octanol–water partition coefficient (Wildman–Crippen LogP) is 2.46. The molecule has 2 unspecified atom stereocenters. The highest BCUT2D eigenvalue weighted by Crippen LogP contribution is 2.37. The van der Waals surface area contributed by atoms with E-state index in [2.05, 4.69) is 5.32 Å². The van der Waals surface area contributed by atoms with Crippen LogP contribution in [0.4, 0.5) is 4.79 Å². The van der Waals surface area contributed by atoms with Crippen LogP contribution in [-0.2, 0) is 11.3 Å². The third kappa shape index (κ3) is 3.26. The predicted molar refractivity (Wildman–Crippen MR) is 72.6 cm³/mol. The van der Waals surface area contributed by atoms with Crippen LogP contribution in [0.1, 0.15) is 32.3 Å². The number of nitrogens with one attached hydrogen (secondary N) is 1. The van der Waals surface area contributed by atoms with Gasteiger partial charge in [0.05, 0.1) is 6.10 Å². The number of carbonyl (C=O) groups excluding carboxylic acids is 1. The van der Waals surface area contributed by atoms with Gasteiger partial charge in [-0.05, 0) is 18.4 Å². The fourth-order valence-corrected chi connectivity index (χ4v) is 2.47. The molecule has 1 saturated carbocycles. The molecule has 0 heterocycles. The van der Waals surface area contributed by atoms with Crippen LogP contribution in [0.25, 0.3) is 0 Å². The average molecular weight is 263 g/mol. The molecule has 2 rings (SSSR count). The Kier molecular flexibility index (Phi) is 4.10. The maximum atomic E-state index is 11.8. The molecular formula is C15H21NO3. The van der Waals surface area contributed by atoms with Crippen LogP contribution in [-0.4, -0.2) is 23.3 Å². The van der Waals surface area contributed by atoms with Gasteiger partial charge in [-0.1, -0.05) is 44.2 Å². The number of amides is 1. The minimum absolute atomic E-state index is 0.0363. The van der Waals surface area contributed by atoms with Crippen LogP contribution in [0.3, 0.4) is 0 Å². The summed E-state index contributed by atoms with van der Waals surface area (Å²) in [5, 5.41) is 12.7. The Morgan fingerprint density at radius 1 is 1.37 bits per heavy atom. The highest BCUT2D eigenvalue weighted by molar-refractivity contribution is 5.67. The molecule has 1 amide bonds. The van der Waals surface area contributed by atoms with Crippen molar-refractivity contribution in [2.24, 2.45) is 5.41 Å². The Hall–Kier alpha value is -1.55. The lowest BCUT2D eigenvalue weighted by molar-refractivity contribution is 0.0612. The van der Waals surface area contributed by atoms with Gasteiger partial charge in [-0.25, -0.2) is 4.79 Å². The number of alkyl carbamates (subject to hydrolysis) is 1. The van der Waals surface area contributed by atoms with Gasteiger partial charge in [-0.2, -0.15) is 0 Å². The minimum Gasteiger partial charge on any atom is -0.445 e. The monoisotopic (exact) mass is 263 g/mol. The maximum Gasteiger partial charge on any atom is 0.407 e. The highest BCUT2D eigenvalue weighted by atomic mass is 16.5. The van der Waals surface area contributed by atoms with E-state index in [1.54, 1.807) is 0 Å². The van der Waals surface area contributed by atoms with Crippen LogP contribution >= 0.6 is 0 Å². The molecule has 1 fully saturated rings. The standard InChI is InChI=1S/C15H21NO3/c1-15(2)12(8-9-13(15)17)16-14(18)19-10-11-6-4-3-5-7-11/h3-7,12-13,17H,8-10H2,1-2H3,(H,16,18). The normalized spacial score (nSPS) is 25.0. The molecule has 2 N–H and O–H groups in total. The second-order valence-electron chi connectivity index (χ2n) is 5.67. The molecule has 0 aromatic heterocycles. The van der Waals surface area contributed by atoms with Crippen molar-refractivity contribution in [1.29, 1.82) is 0 Å². The van der Waals surface area contributed by atoms with Crippen molar-refractivity contribution in [3.05, 3.63) is 35.9 Å². The Morgan fingerprint density at radius 3 is 2.63 bits per heavy atom. The first-order chi connectivity index (χ1) is 9.00. The average Bonchev–Trinajstić information content (AvgIpc) is 2.64. The Morgan fingerprint density at radius 2 is 2.05 bits per heavy atom. The minimum atomic E-state index is -0.420. The number of carbonyl (C=O) groups is 1. The van der Waals surface area contributed by atoms with E-state index in [4.69, 9.17) is 4.74 Å². The molecule has 1 aromatic carbocycles. The number of aliphatic hydroxyl groups is 1. The zero-order valence-electron chi connectivity index (χ0n) is 11.4. The number of hydrogen-bond acceptors (Lipinski definition) is 3. The van der Waals surface area contributed by atoms with Gasteiger partial charge in [0.15, 0.2) is 0 Å². The van der Waals surface area contributed by atoms with Gasteiger partial charge in [-0.3, -0.25) is 0 Å². The van der Waals surface area contributed by atoms with Gasteiger partial charge >= 0.3 is 6.09 Å². The van der Waals surface area contributed by atoms with Crippen molar-refractivity contribution in [3.8, 4) is 0 Å². The third-order valence-electron chi connectivity index (χ3n) is 3.99. The first-order valence-corrected chi connectivity index (χ1v) is 6.65. The highest BCUT2D eigenvalue weighted by Gasteiger charge is 2.43. The summed E-state index contributed by atoms with van der Waals surface area (Å²) in [4.78, 5) is 11.8. The van der Waals surface area contributed by atoms with E-state index in [0.717, 1.165) is 18.4 Å². The van der Waals surface area contributed by atoms with Crippen molar-refractivity contribution in [2.45, 2.75) is 45.4 Å². The Balaban J connectivity index is 1.82. The first kappa shape index (κ1) is 13.9. The number of hydrogen-bond donors (Lipinski definition) is 2. The summed E-state index contributed by atoms with van der Waals surface area (Å²) in [6.07, 6.45) is 0.716. The second kappa shape index (κ2) is 5.61. The molecule has 4 nitrogen and oxygen atoms in total. The molecule has 0 spiro atoms. The van der Waals surface area contributed by atoms with E-state index in [0.29, 0.717) is 0 Å². The molecular weight excluding hydrogens is 242 g/mol. The Bertz CT molecular complexity index is 430. The van der Waals surface area contributed by atoms with Crippen LogP contribution in [0, 0.1) is 5.41 Å². The van der Waals surface area contributed by atoms with Gasteiger partial charge in [0.1, 0.15) is 6.61 Å². The van der Waals surface area contributed by atoms with E-state index < -0.39 is 6.09 Å². The van der Waals surface area contributed by atoms with Gasteiger partial charge < -0.3 is 15.2 Å². The van der Waals surface area contributed by atoms with E-state index in [9.17, 15) is 9.90 Å². The molecule has 0 saturated heterocycles. The van der Waals surface area contributed by atoms with Crippen LogP contribution in [0.2, 0.25) is 0 Å². The smallest absolute Gasteiger partial charge is 0.407 e. The van der Waals surface area contributed by atoms with Gasteiger partial charge in [0.25, 0.3) is 0 Å². The van der Waals surface area contributed by atoms with Crippen molar-refractivity contribution in [3.63, 3.8) is 0 Å². The zero-order valence-corrected chi connectivity index (χ0v) is 11.4. The molecule has 1 aliphatic carbocycles. The molecule has 4 heteroatoms. The maximum absolute atomic E-state index is 11.8. The fourth-order valence-electron chi connectivity index (χ4n) is 2.47. The third-order valence-corrected chi connectivity index (χ3v) is 3.99. The lowest BCUT2D eigenvalue weighted by Gasteiger charge is -2.30. The molecule has 1 aliphatic rings. The summed E-state index contributed by atoms with van der Waals surface area (Å²) >= 11 is 0. The molecule has 19 heavy (non-hydrogen) atoms.